The normalized spacial score (nSPS) is 10.4. The number of aromatic nitrogens is 1. The average Bonchev–Trinajstić information content (AvgIpc) is 2.70. The van der Waals surface area contributed by atoms with Crippen LogP contribution in [0.15, 0.2) is 60.9 Å². The molecule has 28 heavy (non-hydrogen) atoms. The highest BCUT2D eigenvalue weighted by molar-refractivity contribution is 6.32. The van der Waals surface area contributed by atoms with Crippen molar-refractivity contribution in [2.75, 3.05) is 19.0 Å². The highest BCUT2D eigenvalue weighted by atomic mass is 35.5. The molecule has 0 aliphatic carbocycles. The molecule has 0 atom stereocenters. The highest BCUT2D eigenvalue weighted by Gasteiger charge is 2.08. The molecule has 5 nitrogen and oxygen atoms in total. The van der Waals surface area contributed by atoms with E-state index in [-0.39, 0.29) is 11.7 Å². The van der Waals surface area contributed by atoms with Gasteiger partial charge in [-0.3, -0.25) is 9.78 Å². The van der Waals surface area contributed by atoms with E-state index < -0.39 is 0 Å². The largest absolute Gasteiger partial charge is 0.495 e. The Morgan fingerprint density at radius 1 is 1.11 bits per heavy atom. The van der Waals surface area contributed by atoms with Gasteiger partial charge in [0.2, 0.25) is 0 Å². The molecule has 0 radical (unpaired) electrons. The molecular weight excluding hydrogens is 381 g/mol. The van der Waals surface area contributed by atoms with Gasteiger partial charge in [-0.1, -0.05) is 23.7 Å². The van der Waals surface area contributed by atoms with Crippen molar-refractivity contribution in [3.05, 3.63) is 82.9 Å². The Morgan fingerprint density at radius 2 is 1.89 bits per heavy atom. The first-order valence-corrected chi connectivity index (χ1v) is 9.01. The molecule has 0 saturated heterocycles. The lowest BCUT2D eigenvalue weighted by atomic mass is 10.1. The van der Waals surface area contributed by atoms with Gasteiger partial charge in [-0.25, -0.2) is 4.39 Å². The Balaban J connectivity index is 1.59. The molecule has 2 N–H and O–H groups in total. The maximum Gasteiger partial charge on any atom is 0.252 e. The Bertz CT molecular complexity index is 964. The summed E-state index contributed by atoms with van der Waals surface area (Å²) in [7, 11) is 1.55. The number of carbonyl (C=O) groups excluding carboxylic acids is 1. The fourth-order valence-corrected chi connectivity index (χ4v) is 2.87. The first-order chi connectivity index (χ1) is 13.5. The number of methoxy groups -OCH3 is 1. The SMILES string of the molecule is COc1ccc(Nc2cncc(C(=O)NCCc3ccc(F)cc3)c2)cc1Cl. The van der Waals surface area contributed by atoms with Crippen LogP contribution in [0, 0.1) is 5.82 Å². The lowest BCUT2D eigenvalue weighted by Crippen LogP contribution is -2.25. The fourth-order valence-electron chi connectivity index (χ4n) is 2.62. The second-order valence-corrected chi connectivity index (χ2v) is 6.48. The minimum Gasteiger partial charge on any atom is -0.495 e. The number of hydrogen-bond acceptors (Lipinski definition) is 4. The van der Waals surface area contributed by atoms with Crippen LogP contribution >= 0.6 is 11.6 Å². The van der Waals surface area contributed by atoms with Crippen molar-refractivity contribution in [1.29, 1.82) is 0 Å². The van der Waals surface area contributed by atoms with Crippen LogP contribution < -0.4 is 15.4 Å². The van der Waals surface area contributed by atoms with E-state index in [9.17, 15) is 9.18 Å². The van der Waals surface area contributed by atoms with Gasteiger partial charge in [0.05, 0.1) is 29.6 Å². The number of hydrogen-bond donors (Lipinski definition) is 2. The molecule has 0 unspecified atom stereocenters. The van der Waals surface area contributed by atoms with Crippen molar-refractivity contribution < 1.29 is 13.9 Å². The maximum absolute atomic E-state index is 12.9. The van der Waals surface area contributed by atoms with Crippen molar-refractivity contribution in [1.82, 2.24) is 10.3 Å². The van der Waals surface area contributed by atoms with Gasteiger partial charge < -0.3 is 15.4 Å². The third-order valence-electron chi connectivity index (χ3n) is 4.05. The number of anilines is 2. The van der Waals surface area contributed by atoms with E-state index in [0.29, 0.717) is 35.0 Å². The zero-order chi connectivity index (χ0) is 19.9. The molecular formula is C21H19ClFN3O2. The molecule has 1 aromatic heterocycles. The van der Waals surface area contributed by atoms with Crippen LogP contribution in [-0.4, -0.2) is 24.5 Å². The summed E-state index contributed by atoms with van der Waals surface area (Å²) in [5.74, 6) is 0.0759. The van der Waals surface area contributed by atoms with E-state index in [2.05, 4.69) is 15.6 Å². The molecule has 1 amide bonds. The fraction of sp³-hybridized carbons (Fsp3) is 0.143. The van der Waals surface area contributed by atoms with E-state index in [1.165, 1.54) is 18.3 Å². The smallest absolute Gasteiger partial charge is 0.252 e. The molecule has 3 aromatic rings. The molecule has 7 heteroatoms. The molecule has 0 aliphatic rings. The number of pyridine rings is 1. The Kier molecular flexibility index (Phi) is 6.45. The highest BCUT2D eigenvalue weighted by Crippen LogP contribution is 2.28. The molecule has 3 rings (SSSR count). The van der Waals surface area contributed by atoms with Gasteiger partial charge >= 0.3 is 0 Å². The van der Waals surface area contributed by atoms with Crippen molar-refractivity contribution >= 4 is 28.9 Å². The topological polar surface area (TPSA) is 63.2 Å². The van der Waals surface area contributed by atoms with Crippen LogP contribution in [-0.2, 0) is 6.42 Å². The molecule has 0 fully saturated rings. The number of rotatable bonds is 7. The summed E-state index contributed by atoms with van der Waals surface area (Å²) in [6.07, 6.45) is 3.73. The number of nitrogens with zero attached hydrogens (tertiary/aromatic N) is 1. The number of amides is 1. The van der Waals surface area contributed by atoms with E-state index in [0.717, 1.165) is 11.3 Å². The number of halogens is 2. The summed E-state index contributed by atoms with van der Waals surface area (Å²) in [4.78, 5) is 16.5. The van der Waals surface area contributed by atoms with Gasteiger partial charge in [-0.15, -0.1) is 0 Å². The van der Waals surface area contributed by atoms with E-state index in [1.54, 1.807) is 43.6 Å². The van der Waals surface area contributed by atoms with Gasteiger partial charge in [-0.05, 0) is 48.4 Å². The Hall–Kier alpha value is -3.12. The maximum atomic E-state index is 12.9. The van der Waals surface area contributed by atoms with Crippen LogP contribution in [0.5, 0.6) is 5.75 Å². The van der Waals surface area contributed by atoms with Gasteiger partial charge in [0.1, 0.15) is 11.6 Å². The zero-order valence-corrected chi connectivity index (χ0v) is 16.0. The standard InChI is InChI=1S/C21H19ClFN3O2/c1-28-20-7-6-17(11-19(20)22)26-18-10-15(12-24-13-18)21(27)25-9-8-14-2-4-16(23)5-3-14/h2-7,10-13,26H,8-9H2,1H3,(H,25,27). The molecule has 0 bridgehead atoms. The molecule has 0 saturated carbocycles. The van der Waals surface area contributed by atoms with Crippen LogP contribution in [0.4, 0.5) is 15.8 Å². The van der Waals surface area contributed by atoms with Crippen LogP contribution in [0.3, 0.4) is 0 Å². The first-order valence-electron chi connectivity index (χ1n) is 8.63. The third kappa shape index (κ3) is 5.20. The van der Waals surface area contributed by atoms with Gasteiger partial charge in [0.15, 0.2) is 0 Å². The molecule has 144 valence electrons. The number of benzene rings is 2. The number of nitrogens with one attached hydrogen (secondary N) is 2. The number of carbonyl (C=O) groups is 1. The minimum atomic E-state index is -0.277. The van der Waals surface area contributed by atoms with Gasteiger partial charge in [0, 0.05) is 18.4 Å². The summed E-state index contributed by atoms with van der Waals surface area (Å²) in [6, 6.07) is 13.2. The molecule has 1 heterocycles. The monoisotopic (exact) mass is 399 g/mol. The summed E-state index contributed by atoms with van der Waals surface area (Å²) < 4.78 is 18.0. The van der Waals surface area contributed by atoms with Crippen molar-refractivity contribution in [3.63, 3.8) is 0 Å². The average molecular weight is 400 g/mol. The number of ether oxygens (including phenoxy) is 1. The minimum absolute atomic E-state index is 0.231. The molecule has 0 aliphatic heterocycles. The molecule has 0 spiro atoms. The van der Waals surface area contributed by atoms with Crippen molar-refractivity contribution in [3.8, 4) is 5.75 Å². The van der Waals surface area contributed by atoms with Gasteiger partial charge in [-0.2, -0.15) is 0 Å². The Morgan fingerprint density at radius 3 is 2.61 bits per heavy atom. The summed E-state index contributed by atoms with van der Waals surface area (Å²) in [5.41, 5.74) is 2.80. The Labute approximate surface area is 167 Å². The summed E-state index contributed by atoms with van der Waals surface area (Å²) in [6.45, 7) is 0.441. The van der Waals surface area contributed by atoms with Gasteiger partial charge in [0.25, 0.3) is 5.91 Å². The predicted molar refractivity (Wildman–Crippen MR) is 108 cm³/mol. The predicted octanol–water partition coefficient (Wildman–Crippen LogP) is 4.60. The first kappa shape index (κ1) is 19.6. The van der Waals surface area contributed by atoms with Crippen molar-refractivity contribution in [2.45, 2.75) is 6.42 Å². The van der Waals surface area contributed by atoms with E-state index in [4.69, 9.17) is 16.3 Å². The molecule has 2 aromatic carbocycles. The quantitative estimate of drug-likeness (QED) is 0.609. The summed E-state index contributed by atoms with van der Waals surface area (Å²) >= 11 is 6.13. The van der Waals surface area contributed by atoms with Crippen LogP contribution in [0.1, 0.15) is 15.9 Å². The zero-order valence-electron chi connectivity index (χ0n) is 15.2. The van der Waals surface area contributed by atoms with E-state index in [1.807, 2.05) is 6.07 Å². The van der Waals surface area contributed by atoms with Crippen LogP contribution in [0.25, 0.3) is 0 Å². The second-order valence-electron chi connectivity index (χ2n) is 6.07. The lowest BCUT2D eigenvalue weighted by Gasteiger charge is -2.10. The third-order valence-corrected chi connectivity index (χ3v) is 4.35. The van der Waals surface area contributed by atoms with Crippen LogP contribution in [0.2, 0.25) is 5.02 Å². The van der Waals surface area contributed by atoms with E-state index >= 15 is 0 Å². The second kappa shape index (κ2) is 9.19. The summed E-state index contributed by atoms with van der Waals surface area (Å²) in [5, 5.41) is 6.48. The lowest BCUT2D eigenvalue weighted by molar-refractivity contribution is 0.0954. The van der Waals surface area contributed by atoms with Crippen molar-refractivity contribution in [2.24, 2.45) is 0 Å².